The fraction of sp³-hybridized carbons (Fsp3) is 0.818. The lowest BCUT2D eigenvalue weighted by atomic mass is 9.80. The highest BCUT2D eigenvalue weighted by atomic mass is 127. The van der Waals surface area contributed by atoms with E-state index in [2.05, 4.69) is 43.4 Å². The Morgan fingerprint density at radius 3 is 2.54 bits per heavy atom. The number of unbranched alkanes of at least 4 members (excludes halogenated alkanes) is 1. The van der Waals surface area contributed by atoms with Crippen molar-refractivity contribution in [1.29, 1.82) is 0 Å². The summed E-state index contributed by atoms with van der Waals surface area (Å²) < 4.78 is 1.97. The van der Waals surface area contributed by atoms with Gasteiger partial charge in [0.1, 0.15) is 0 Å². The second-order valence-electron chi connectivity index (χ2n) is 4.21. The van der Waals surface area contributed by atoms with Crippen molar-refractivity contribution in [2.24, 2.45) is 5.41 Å². The molecule has 0 aliphatic carbocycles. The van der Waals surface area contributed by atoms with E-state index in [1.807, 2.05) is 10.2 Å². The van der Waals surface area contributed by atoms with Gasteiger partial charge >= 0.3 is 0 Å². The molecule has 0 aliphatic rings. The Morgan fingerprint density at radius 2 is 2.08 bits per heavy atom. The number of hydrogen-bond acceptors (Lipinski definition) is 1. The van der Waals surface area contributed by atoms with Gasteiger partial charge in [0.05, 0.1) is 6.10 Å². The third kappa shape index (κ3) is 5.68. The van der Waals surface area contributed by atoms with Gasteiger partial charge in [0.15, 0.2) is 0 Å². The summed E-state index contributed by atoms with van der Waals surface area (Å²) in [5.74, 6) is 0. The molecule has 13 heavy (non-hydrogen) atoms. The van der Waals surface area contributed by atoms with E-state index < -0.39 is 0 Å². The van der Waals surface area contributed by atoms with Gasteiger partial charge in [-0.25, -0.2) is 0 Å². The molecule has 0 aromatic carbocycles. The third-order valence-corrected chi connectivity index (χ3v) is 3.03. The van der Waals surface area contributed by atoms with Crippen LogP contribution in [0.5, 0.6) is 0 Å². The lowest BCUT2D eigenvalue weighted by Gasteiger charge is -2.29. The SMILES string of the molecule is CCCCC(C)(C)C(O)C/C=C/I. The highest BCUT2D eigenvalue weighted by Gasteiger charge is 2.25. The molecule has 0 saturated heterocycles. The maximum Gasteiger partial charge on any atom is 0.0625 e. The highest BCUT2D eigenvalue weighted by Crippen LogP contribution is 2.29. The second kappa shape index (κ2) is 6.82. The molecule has 0 spiro atoms. The van der Waals surface area contributed by atoms with E-state index in [0.717, 1.165) is 12.8 Å². The van der Waals surface area contributed by atoms with Crippen LogP contribution >= 0.6 is 22.6 Å². The average molecular weight is 296 g/mol. The maximum atomic E-state index is 9.88. The van der Waals surface area contributed by atoms with Crippen molar-refractivity contribution < 1.29 is 5.11 Å². The first kappa shape index (κ1) is 13.4. The number of aliphatic hydroxyl groups excluding tert-OH is 1. The van der Waals surface area contributed by atoms with Crippen molar-refractivity contribution in [3.8, 4) is 0 Å². The summed E-state index contributed by atoms with van der Waals surface area (Å²) in [6, 6.07) is 0. The summed E-state index contributed by atoms with van der Waals surface area (Å²) >= 11 is 2.19. The van der Waals surface area contributed by atoms with Crippen molar-refractivity contribution in [2.75, 3.05) is 0 Å². The topological polar surface area (TPSA) is 20.2 Å². The Labute approximate surface area is 95.8 Å². The van der Waals surface area contributed by atoms with Crippen LogP contribution in [0.3, 0.4) is 0 Å². The predicted octanol–water partition coefficient (Wildman–Crippen LogP) is 3.90. The molecule has 0 radical (unpaired) electrons. The Bertz CT molecular complexity index is 152. The highest BCUT2D eigenvalue weighted by molar-refractivity contribution is 14.1. The standard InChI is InChI=1S/C11H21IO/c1-4-5-8-11(2,3)10(13)7-6-9-12/h6,9-10,13H,4-5,7-8H2,1-3H3/b9-6+. The zero-order valence-electron chi connectivity index (χ0n) is 8.89. The van der Waals surface area contributed by atoms with Crippen LogP contribution in [0.4, 0.5) is 0 Å². The summed E-state index contributed by atoms with van der Waals surface area (Å²) in [4.78, 5) is 0. The fourth-order valence-corrected chi connectivity index (χ4v) is 1.59. The Morgan fingerprint density at radius 1 is 1.46 bits per heavy atom. The molecular weight excluding hydrogens is 275 g/mol. The monoisotopic (exact) mass is 296 g/mol. The largest absolute Gasteiger partial charge is 0.392 e. The van der Waals surface area contributed by atoms with E-state index in [1.165, 1.54) is 12.8 Å². The predicted molar refractivity (Wildman–Crippen MR) is 67.1 cm³/mol. The van der Waals surface area contributed by atoms with E-state index in [0.29, 0.717) is 0 Å². The molecule has 2 heteroatoms. The van der Waals surface area contributed by atoms with Crippen LogP contribution < -0.4 is 0 Å². The molecule has 0 aromatic heterocycles. The molecule has 0 saturated carbocycles. The Kier molecular flexibility index (Phi) is 7.05. The summed E-state index contributed by atoms with van der Waals surface area (Å²) in [5.41, 5.74) is 0.0617. The first-order chi connectivity index (χ1) is 6.04. The van der Waals surface area contributed by atoms with E-state index >= 15 is 0 Å². The first-order valence-corrected chi connectivity index (χ1v) is 6.22. The third-order valence-electron chi connectivity index (χ3n) is 2.53. The van der Waals surface area contributed by atoms with Crippen LogP contribution in [-0.4, -0.2) is 11.2 Å². The summed E-state index contributed by atoms with van der Waals surface area (Å²) in [6.45, 7) is 6.48. The minimum Gasteiger partial charge on any atom is -0.392 e. The summed E-state index contributed by atoms with van der Waals surface area (Å²) in [7, 11) is 0. The van der Waals surface area contributed by atoms with Crippen LogP contribution in [-0.2, 0) is 0 Å². The molecule has 0 aromatic rings. The van der Waals surface area contributed by atoms with E-state index in [-0.39, 0.29) is 11.5 Å². The molecule has 1 N–H and O–H groups in total. The van der Waals surface area contributed by atoms with Gasteiger partial charge in [-0.3, -0.25) is 0 Å². The molecule has 0 rings (SSSR count). The van der Waals surface area contributed by atoms with Crippen molar-refractivity contribution in [3.63, 3.8) is 0 Å². The average Bonchev–Trinajstić information content (AvgIpc) is 2.10. The molecule has 78 valence electrons. The van der Waals surface area contributed by atoms with E-state index in [4.69, 9.17) is 0 Å². The van der Waals surface area contributed by atoms with Gasteiger partial charge in [-0.2, -0.15) is 0 Å². The number of aliphatic hydroxyl groups is 1. The minimum atomic E-state index is -0.204. The van der Waals surface area contributed by atoms with Crippen molar-refractivity contribution in [1.82, 2.24) is 0 Å². The molecule has 1 nitrogen and oxygen atoms in total. The molecule has 0 bridgehead atoms. The second-order valence-corrected chi connectivity index (χ2v) is 4.92. The van der Waals surface area contributed by atoms with Gasteiger partial charge in [0.25, 0.3) is 0 Å². The molecule has 0 aliphatic heterocycles. The van der Waals surface area contributed by atoms with Crippen LogP contribution in [0.25, 0.3) is 0 Å². The van der Waals surface area contributed by atoms with Gasteiger partial charge in [-0.15, -0.1) is 0 Å². The van der Waals surface area contributed by atoms with Gasteiger partial charge in [0, 0.05) is 0 Å². The van der Waals surface area contributed by atoms with Crippen molar-refractivity contribution >= 4 is 22.6 Å². The minimum absolute atomic E-state index is 0.0617. The molecule has 1 atom stereocenters. The normalized spacial score (nSPS) is 15.2. The number of hydrogen-bond donors (Lipinski definition) is 1. The zero-order chi connectivity index (χ0) is 10.3. The number of halogens is 1. The lowest BCUT2D eigenvalue weighted by molar-refractivity contribution is 0.0451. The van der Waals surface area contributed by atoms with Crippen molar-refractivity contribution in [3.05, 3.63) is 10.2 Å². The summed E-state index contributed by atoms with van der Waals surface area (Å²) in [5, 5.41) is 9.88. The van der Waals surface area contributed by atoms with E-state index in [1.54, 1.807) is 0 Å². The van der Waals surface area contributed by atoms with Crippen LogP contribution in [0.15, 0.2) is 10.2 Å². The molecule has 1 unspecified atom stereocenters. The Balaban J connectivity index is 3.94. The smallest absolute Gasteiger partial charge is 0.0625 e. The molecule has 0 fully saturated rings. The van der Waals surface area contributed by atoms with Crippen molar-refractivity contribution in [2.45, 2.75) is 52.6 Å². The Hall–Kier alpha value is 0.430. The van der Waals surface area contributed by atoms with Gasteiger partial charge in [-0.05, 0) is 22.3 Å². The van der Waals surface area contributed by atoms with Gasteiger partial charge < -0.3 is 5.11 Å². The summed E-state index contributed by atoms with van der Waals surface area (Å²) in [6.07, 6.45) is 6.12. The molecule has 0 heterocycles. The quantitative estimate of drug-likeness (QED) is 0.737. The number of rotatable bonds is 6. The molecule has 0 amide bonds. The fourth-order valence-electron chi connectivity index (χ4n) is 1.30. The van der Waals surface area contributed by atoms with Crippen LogP contribution in [0.1, 0.15) is 46.5 Å². The van der Waals surface area contributed by atoms with E-state index in [9.17, 15) is 5.11 Å². The first-order valence-electron chi connectivity index (χ1n) is 4.98. The van der Waals surface area contributed by atoms with Gasteiger partial charge in [0.2, 0.25) is 0 Å². The molecular formula is C11H21IO. The zero-order valence-corrected chi connectivity index (χ0v) is 11.0. The van der Waals surface area contributed by atoms with Crippen LogP contribution in [0, 0.1) is 5.41 Å². The van der Waals surface area contributed by atoms with Gasteiger partial charge in [-0.1, -0.05) is 62.3 Å². The maximum absolute atomic E-state index is 9.88. The lowest BCUT2D eigenvalue weighted by Crippen LogP contribution is -2.28. The van der Waals surface area contributed by atoms with Crippen LogP contribution in [0.2, 0.25) is 0 Å².